The largest absolute Gasteiger partial charge is 0.380 e. The van der Waals surface area contributed by atoms with Crippen molar-refractivity contribution >= 4 is 27.5 Å². The zero-order valence-electron chi connectivity index (χ0n) is 15.8. The topological polar surface area (TPSA) is 43.6 Å². The van der Waals surface area contributed by atoms with Crippen LogP contribution >= 0.6 is 11.3 Å². The molecular weight excluding hydrogens is 363 g/mol. The summed E-state index contributed by atoms with van der Waals surface area (Å²) in [6.45, 7) is 7.71. The molecule has 0 saturated heterocycles. The zero-order chi connectivity index (χ0) is 19.4. The van der Waals surface area contributed by atoms with E-state index in [1.54, 1.807) is 6.07 Å². The fraction of sp³-hybridized carbons (Fsp3) is 0.333. The van der Waals surface area contributed by atoms with Crippen LogP contribution in [0.3, 0.4) is 0 Å². The molecule has 3 rings (SSSR count). The van der Waals surface area contributed by atoms with Gasteiger partial charge in [-0.25, -0.2) is 4.39 Å². The first-order chi connectivity index (χ1) is 13.0. The van der Waals surface area contributed by atoms with E-state index < -0.39 is 0 Å². The maximum absolute atomic E-state index is 13.6. The van der Waals surface area contributed by atoms with Crippen molar-refractivity contribution in [3.05, 3.63) is 63.7 Å². The van der Waals surface area contributed by atoms with Crippen molar-refractivity contribution in [3.63, 3.8) is 0 Å². The molecule has 0 bridgehead atoms. The Hall–Kier alpha value is -2.31. The van der Waals surface area contributed by atoms with Crippen molar-refractivity contribution in [1.29, 1.82) is 0 Å². The van der Waals surface area contributed by atoms with Crippen LogP contribution in [0.2, 0.25) is 0 Å². The molecule has 3 aromatic rings. The summed E-state index contributed by atoms with van der Waals surface area (Å²) in [7, 11) is 0. The van der Waals surface area contributed by atoms with E-state index in [0.717, 1.165) is 21.3 Å². The molecule has 2 aromatic carbocycles. The van der Waals surface area contributed by atoms with Crippen LogP contribution in [0.15, 0.2) is 41.4 Å². The summed E-state index contributed by atoms with van der Waals surface area (Å²) < 4.78 is 21.7. The number of hydrogen-bond donors (Lipinski definition) is 0. The number of carbonyl (C=O) groups excluding carboxylic acids is 1. The first-order valence-corrected chi connectivity index (χ1v) is 9.80. The molecule has 27 heavy (non-hydrogen) atoms. The predicted molar refractivity (Wildman–Crippen MR) is 106 cm³/mol. The summed E-state index contributed by atoms with van der Waals surface area (Å²) in [5, 5.41) is 0. The normalized spacial score (nSPS) is 12.1. The Morgan fingerprint density at radius 2 is 2.00 bits per heavy atom. The highest BCUT2D eigenvalue weighted by Gasteiger charge is 2.10. The molecule has 0 saturated carbocycles. The minimum atomic E-state index is -0.297. The highest BCUT2D eigenvalue weighted by atomic mass is 32.1. The monoisotopic (exact) mass is 386 g/mol. The van der Waals surface area contributed by atoms with Crippen LogP contribution in [0.25, 0.3) is 10.2 Å². The van der Waals surface area contributed by atoms with E-state index in [2.05, 4.69) is 4.99 Å². The number of ether oxygens (including phenoxy) is 1. The van der Waals surface area contributed by atoms with Gasteiger partial charge in [0, 0.05) is 13.2 Å². The third kappa shape index (κ3) is 4.70. The fourth-order valence-corrected chi connectivity index (χ4v) is 3.98. The Morgan fingerprint density at radius 1 is 1.19 bits per heavy atom. The van der Waals surface area contributed by atoms with Crippen molar-refractivity contribution in [2.45, 2.75) is 33.7 Å². The summed E-state index contributed by atoms with van der Waals surface area (Å²) in [4.78, 5) is 17.4. The molecule has 0 atom stereocenters. The average molecular weight is 386 g/mol. The summed E-state index contributed by atoms with van der Waals surface area (Å²) in [5.41, 5.74) is 4.16. The van der Waals surface area contributed by atoms with Gasteiger partial charge in [-0.2, -0.15) is 4.99 Å². The molecule has 1 heterocycles. The van der Waals surface area contributed by atoms with Crippen LogP contribution in [0.1, 0.15) is 23.6 Å². The van der Waals surface area contributed by atoms with Gasteiger partial charge < -0.3 is 9.30 Å². The standard InChI is InChI=1S/C21H23FN2O2S/c1-4-26-10-9-24-18-8-7-17(22)13-19(18)27-21(24)23-20(25)12-16-6-5-14(2)15(3)11-16/h5-8,11,13H,4,9-10,12H2,1-3H3. The molecule has 0 spiro atoms. The third-order valence-corrected chi connectivity index (χ3v) is 5.50. The van der Waals surface area contributed by atoms with Crippen molar-refractivity contribution in [1.82, 2.24) is 4.57 Å². The van der Waals surface area contributed by atoms with Gasteiger partial charge in [0.05, 0.1) is 23.2 Å². The number of amides is 1. The van der Waals surface area contributed by atoms with Crippen molar-refractivity contribution < 1.29 is 13.9 Å². The lowest BCUT2D eigenvalue weighted by molar-refractivity contribution is -0.117. The number of rotatable bonds is 6. The van der Waals surface area contributed by atoms with Gasteiger partial charge in [-0.1, -0.05) is 29.5 Å². The van der Waals surface area contributed by atoms with E-state index in [1.165, 1.54) is 29.0 Å². The first kappa shape index (κ1) is 19.5. The molecule has 4 nitrogen and oxygen atoms in total. The predicted octanol–water partition coefficient (Wildman–Crippen LogP) is 4.17. The molecule has 142 valence electrons. The molecular formula is C21H23FN2O2S. The SMILES string of the molecule is CCOCCn1c(=NC(=O)Cc2ccc(C)c(C)c2)sc2cc(F)ccc21. The summed E-state index contributed by atoms with van der Waals surface area (Å²) in [5.74, 6) is -0.510. The molecule has 0 aliphatic carbocycles. The molecule has 0 N–H and O–H groups in total. The number of aromatic nitrogens is 1. The number of nitrogens with zero attached hydrogens (tertiary/aromatic N) is 2. The lowest BCUT2D eigenvalue weighted by atomic mass is 10.0. The van der Waals surface area contributed by atoms with Crippen LogP contribution in [0, 0.1) is 19.7 Å². The van der Waals surface area contributed by atoms with Crippen molar-refractivity contribution in [3.8, 4) is 0 Å². The minimum absolute atomic E-state index is 0.213. The second kappa shape index (κ2) is 8.59. The van der Waals surface area contributed by atoms with E-state index in [9.17, 15) is 9.18 Å². The van der Waals surface area contributed by atoms with E-state index >= 15 is 0 Å². The van der Waals surface area contributed by atoms with Gasteiger partial charge in [0.25, 0.3) is 5.91 Å². The van der Waals surface area contributed by atoms with Gasteiger partial charge in [0.1, 0.15) is 5.82 Å². The summed E-state index contributed by atoms with van der Waals surface area (Å²) in [6.07, 6.45) is 0.245. The molecule has 0 aliphatic heterocycles. The maximum Gasteiger partial charge on any atom is 0.252 e. The fourth-order valence-electron chi connectivity index (χ4n) is 2.88. The quantitative estimate of drug-likeness (QED) is 0.597. The van der Waals surface area contributed by atoms with E-state index in [0.29, 0.717) is 24.6 Å². The number of benzene rings is 2. The summed E-state index contributed by atoms with van der Waals surface area (Å²) in [6, 6.07) is 10.6. The first-order valence-electron chi connectivity index (χ1n) is 8.98. The van der Waals surface area contributed by atoms with Gasteiger partial charge in [-0.05, 0) is 55.7 Å². The van der Waals surface area contributed by atoms with E-state index in [4.69, 9.17) is 4.74 Å². The number of thiazole rings is 1. The summed E-state index contributed by atoms with van der Waals surface area (Å²) >= 11 is 1.32. The Morgan fingerprint density at radius 3 is 2.74 bits per heavy atom. The highest BCUT2D eigenvalue weighted by molar-refractivity contribution is 7.16. The highest BCUT2D eigenvalue weighted by Crippen LogP contribution is 2.19. The average Bonchev–Trinajstić information content (AvgIpc) is 2.94. The van der Waals surface area contributed by atoms with Crippen molar-refractivity contribution in [2.75, 3.05) is 13.2 Å². The zero-order valence-corrected chi connectivity index (χ0v) is 16.6. The third-order valence-electron chi connectivity index (χ3n) is 4.46. The number of hydrogen-bond acceptors (Lipinski definition) is 3. The van der Waals surface area contributed by atoms with Crippen LogP contribution in [0.5, 0.6) is 0 Å². The van der Waals surface area contributed by atoms with Crippen LogP contribution < -0.4 is 4.80 Å². The molecule has 0 radical (unpaired) electrons. The number of halogens is 1. The Bertz CT molecular complexity index is 1040. The molecule has 1 aromatic heterocycles. The Balaban J connectivity index is 1.93. The van der Waals surface area contributed by atoms with Crippen LogP contribution in [-0.2, 0) is 22.5 Å². The molecule has 0 fully saturated rings. The lowest BCUT2D eigenvalue weighted by Crippen LogP contribution is -2.20. The molecule has 0 aliphatic rings. The molecule has 1 amide bonds. The van der Waals surface area contributed by atoms with Gasteiger partial charge in [-0.15, -0.1) is 0 Å². The molecule has 0 unspecified atom stereocenters. The number of aryl methyl sites for hydroxylation is 2. The number of carbonyl (C=O) groups is 1. The minimum Gasteiger partial charge on any atom is -0.380 e. The smallest absolute Gasteiger partial charge is 0.252 e. The molecule has 6 heteroatoms. The van der Waals surface area contributed by atoms with Gasteiger partial charge in [0.2, 0.25) is 0 Å². The van der Waals surface area contributed by atoms with Crippen molar-refractivity contribution in [2.24, 2.45) is 4.99 Å². The van der Waals surface area contributed by atoms with Crippen LogP contribution in [-0.4, -0.2) is 23.7 Å². The Labute approximate surface area is 161 Å². The van der Waals surface area contributed by atoms with Gasteiger partial charge in [0.15, 0.2) is 4.80 Å². The maximum atomic E-state index is 13.6. The second-order valence-electron chi connectivity index (χ2n) is 6.45. The van der Waals surface area contributed by atoms with E-state index in [1.807, 2.05) is 43.5 Å². The Kier molecular flexibility index (Phi) is 6.19. The van der Waals surface area contributed by atoms with E-state index in [-0.39, 0.29) is 18.1 Å². The number of fused-ring (bicyclic) bond motifs is 1. The van der Waals surface area contributed by atoms with Gasteiger partial charge >= 0.3 is 0 Å². The van der Waals surface area contributed by atoms with Gasteiger partial charge in [-0.3, -0.25) is 4.79 Å². The lowest BCUT2D eigenvalue weighted by Gasteiger charge is -2.05. The van der Waals surface area contributed by atoms with Crippen LogP contribution in [0.4, 0.5) is 4.39 Å². The second-order valence-corrected chi connectivity index (χ2v) is 7.46.